The highest BCUT2D eigenvalue weighted by atomic mass is 32.2. The predicted molar refractivity (Wildman–Crippen MR) is 137 cm³/mol. The summed E-state index contributed by atoms with van der Waals surface area (Å²) in [6.07, 6.45) is 2.87. The summed E-state index contributed by atoms with van der Waals surface area (Å²) in [6, 6.07) is 13.0. The van der Waals surface area contributed by atoms with Gasteiger partial charge in [0.2, 0.25) is 0 Å². The molecule has 0 aromatic heterocycles. The summed E-state index contributed by atoms with van der Waals surface area (Å²) in [4.78, 5) is 24.7. The smallest absolute Gasteiger partial charge is 0.306 e. The molecule has 0 spiro atoms. The van der Waals surface area contributed by atoms with E-state index in [4.69, 9.17) is 14.2 Å². The lowest BCUT2D eigenvalue weighted by Crippen LogP contribution is -2.27. The fraction of sp³-hybridized carbons (Fsp3) is 0.423. The zero-order valence-electron chi connectivity index (χ0n) is 19.9. The third kappa shape index (κ3) is 7.47. The molecule has 2 aliphatic heterocycles. The number of benzene rings is 2. The molecule has 0 radical (unpaired) electrons. The van der Waals surface area contributed by atoms with E-state index in [2.05, 4.69) is 15.4 Å². The van der Waals surface area contributed by atoms with Gasteiger partial charge in [0.1, 0.15) is 12.4 Å². The Morgan fingerprint density at radius 3 is 2.74 bits per heavy atom. The molecule has 35 heavy (non-hydrogen) atoms. The molecular weight excluding hydrogens is 466 g/mol. The van der Waals surface area contributed by atoms with Crippen molar-refractivity contribution in [1.29, 1.82) is 0 Å². The van der Waals surface area contributed by atoms with E-state index in [1.165, 1.54) is 0 Å². The zero-order chi connectivity index (χ0) is 24.5. The average Bonchev–Trinajstić information content (AvgIpc) is 2.88. The van der Waals surface area contributed by atoms with E-state index < -0.39 is 0 Å². The quantitative estimate of drug-likeness (QED) is 0.322. The first-order chi connectivity index (χ1) is 17.1. The van der Waals surface area contributed by atoms with Crippen molar-refractivity contribution < 1.29 is 23.8 Å². The molecule has 1 atom stereocenters. The molecule has 0 aliphatic carbocycles. The van der Waals surface area contributed by atoms with E-state index in [1.54, 1.807) is 19.2 Å². The molecule has 4 rings (SSSR count). The maximum absolute atomic E-state index is 12.7. The number of anilines is 1. The molecule has 0 saturated carbocycles. The molecule has 1 N–H and O–H groups in total. The van der Waals surface area contributed by atoms with Crippen LogP contribution in [0, 0.1) is 5.92 Å². The van der Waals surface area contributed by atoms with Crippen LogP contribution in [0.1, 0.15) is 27.9 Å². The molecule has 2 aliphatic rings. The number of amides is 1. The monoisotopic (exact) mass is 497 g/mol. The summed E-state index contributed by atoms with van der Waals surface area (Å²) in [5.74, 6) is 2.58. The molecule has 2 heterocycles. The summed E-state index contributed by atoms with van der Waals surface area (Å²) >= 11 is 1.95. The van der Waals surface area contributed by atoms with E-state index in [1.807, 2.05) is 48.3 Å². The zero-order valence-corrected chi connectivity index (χ0v) is 20.7. The first kappa shape index (κ1) is 25.1. The molecular formula is C26H31N3O5S. The van der Waals surface area contributed by atoms with Crippen LogP contribution in [0.4, 0.5) is 5.69 Å². The number of rotatable bonds is 9. The van der Waals surface area contributed by atoms with E-state index in [9.17, 15) is 9.59 Å². The van der Waals surface area contributed by atoms with Crippen molar-refractivity contribution in [3.8, 4) is 5.75 Å². The van der Waals surface area contributed by atoms with Crippen molar-refractivity contribution in [2.75, 3.05) is 56.8 Å². The number of ether oxygens (including phenoxy) is 3. The summed E-state index contributed by atoms with van der Waals surface area (Å²) in [7, 11) is 1.57. The fourth-order valence-corrected chi connectivity index (χ4v) is 4.80. The van der Waals surface area contributed by atoms with E-state index in [0.29, 0.717) is 30.9 Å². The highest BCUT2D eigenvalue weighted by Crippen LogP contribution is 2.31. The molecule has 0 bridgehead atoms. The van der Waals surface area contributed by atoms with Gasteiger partial charge in [0, 0.05) is 54.9 Å². The van der Waals surface area contributed by atoms with Crippen molar-refractivity contribution >= 4 is 35.5 Å². The van der Waals surface area contributed by atoms with Gasteiger partial charge < -0.3 is 19.5 Å². The molecule has 1 fully saturated rings. The van der Waals surface area contributed by atoms with Gasteiger partial charge in [0.15, 0.2) is 0 Å². The molecule has 2 aromatic rings. The first-order valence-corrected chi connectivity index (χ1v) is 12.9. The standard InChI is InChI=1S/C26H31N3O5S/c1-32-10-11-33-25(30)15-20-14-22-6-7-23(16-24(22)34-18-20)28-26(31)21-4-2-19(3-5-21)17-27-29-8-12-35-13-9-29/h2-7,16-17,20H,8-15,18H2,1H3,(H,28,31)/b27-17+. The summed E-state index contributed by atoms with van der Waals surface area (Å²) in [6.45, 7) is 3.02. The predicted octanol–water partition coefficient (Wildman–Crippen LogP) is 3.45. The van der Waals surface area contributed by atoms with Crippen LogP contribution >= 0.6 is 11.8 Å². The Kier molecular flexibility index (Phi) is 9.02. The minimum Gasteiger partial charge on any atom is -0.493 e. The Morgan fingerprint density at radius 2 is 1.97 bits per heavy atom. The highest BCUT2D eigenvalue weighted by molar-refractivity contribution is 7.99. The van der Waals surface area contributed by atoms with Crippen LogP contribution < -0.4 is 10.1 Å². The maximum atomic E-state index is 12.7. The normalized spacial score (nSPS) is 17.5. The van der Waals surface area contributed by atoms with Crippen molar-refractivity contribution in [2.24, 2.45) is 11.0 Å². The summed E-state index contributed by atoms with van der Waals surface area (Å²) in [5.41, 5.74) is 3.21. The lowest BCUT2D eigenvalue weighted by molar-refractivity contribution is -0.146. The van der Waals surface area contributed by atoms with Crippen molar-refractivity contribution in [3.63, 3.8) is 0 Å². The van der Waals surface area contributed by atoms with Gasteiger partial charge in [0.25, 0.3) is 5.91 Å². The SMILES string of the molecule is COCCOC(=O)CC1COc2cc(NC(=O)c3ccc(/C=N/N4CCSCC4)cc3)ccc2C1. The number of esters is 1. The number of fused-ring (bicyclic) bond motifs is 1. The van der Waals surface area contributed by atoms with Crippen molar-refractivity contribution in [3.05, 3.63) is 59.2 Å². The number of thioether (sulfide) groups is 1. The Hall–Kier alpha value is -3.04. The summed E-state index contributed by atoms with van der Waals surface area (Å²) in [5, 5.41) is 9.53. The highest BCUT2D eigenvalue weighted by Gasteiger charge is 2.23. The van der Waals surface area contributed by atoms with E-state index in [0.717, 1.165) is 47.9 Å². The van der Waals surface area contributed by atoms with Crippen molar-refractivity contribution in [1.82, 2.24) is 5.01 Å². The number of nitrogens with one attached hydrogen (secondary N) is 1. The van der Waals surface area contributed by atoms with Crippen LogP contribution in [-0.2, 0) is 20.7 Å². The third-order valence-corrected chi connectivity index (χ3v) is 6.79. The second kappa shape index (κ2) is 12.6. The molecule has 1 amide bonds. The van der Waals surface area contributed by atoms with Crippen LogP contribution in [-0.4, -0.2) is 74.6 Å². The van der Waals surface area contributed by atoms with Crippen LogP contribution in [0.2, 0.25) is 0 Å². The van der Waals surface area contributed by atoms with Crippen LogP contribution in [0.25, 0.3) is 0 Å². The minimum absolute atomic E-state index is 0.0637. The van der Waals surface area contributed by atoms with Gasteiger partial charge in [-0.1, -0.05) is 18.2 Å². The number of hydrogen-bond acceptors (Lipinski definition) is 8. The van der Waals surface area contributed by atoms with Crippen molar-refractivity contribution in [2.45, 2.75) is 12.8 Å². The third-order valence-electron chi connectivity index (χ3n) is 5.84. The van der Waals surface area contributed by atoms with Gasteiger partial charge >= 0.3 is 5.97 Å². The number of carbonyl (C=O) groups is 2. The average molecular weight is 498 g/mol. The van der Waals surface area contributed by atoms with E-state index in [-0.39, 0.29) is 24.4 Å². The fourth-order valence-electron chi connectivity index (χ4n) is 3.92. The molecule has 186 valence electrons. The van der Waals surface area contributed by atoms with Gasteiger partial charge in [-0.05, 0) is 35.7 Å². The number of methoxy groups -OCH3 is 1. The lowest BCUT2D eigenvalue weighted by atomic mass is 9.94. The number of carbonyl (C=O) groups excluding carboxylic acids is 2. The second-order valence-electron chi connectivity index (χ2n) is 8.51. The first-order valence-electron chi connectivity index (χ1n) is 11.8. The largest absolute Gasteiger partial charge is 0.493 e. The van der Waals surface area contributed by atoms with Crippen LogP contribution in [0.3, 0.4) is 0 Å². The Balaban J connectivity index is 1.28. The number of hydrazone groups is 1. The van der Waals surface area contributed by atoms with Crippen LogP contribution in [0.5, 0.6) is 5.75 Å². The Morgan fingerprint density at radius 1 is 1.17 bits per heavy atom. The number of hydrogen-bond donors (Lipinski definition) is 1. The molecule has 1 saturated heterocycles. The van der Waals surface area contributed by atoms with E-state index >= 15 is 0 Å². The van der Waals surface area contributed by atoms with Gasteiger partial charge in [-0.2, -0.15) is 16.9 Å². The second-order valence-corrected chi connectivity index (χ2v) is 9.73. The molecule has 1 unspecified atom stereocenters. The molecule has 2 aromatic carbocycles. The number of nitrogens with zero attached hydrogens (tertiary/aromatic N) is 2. The van der Waals surface area contributed by atoms with Crippen LogP contribution in [0.15, 0.2) is 47.6 Å². The molecule has 8 nitrogen and oxygen atoms in total. The van der Waals surface area contributed by atoms with Gasteiger partial charge in [-0.25, -0.2) is 0 Å². The van der Waals surface area contributed by atoms with Gasteiger partial charge in [-0.3, -0.25) is 14.6 Å². The van der Waals surface area contributed by atoms with Gasteiger partial charge in [0.05, 0.1) is 25.8 Å². The minimum atomic E-state index is -0.245. The Labute approximate surface area is 210 Å². The molecule has 9 heteroatoms. The maximum Gasteiger partial charge on any atom is 0.306 e. The Bertz CT molecular complexity index is 1040. The topological polar surface area (TPSA) is 89.5 Å². The summed E-state index contributed by atoms with van der Waals surface area (Å²) < 4.78 is 15.9. The lowest BCUT2D eigenvalue weighted by Gasteiger charge is -2.25. The van der Waals surface area contributed by atoms with Gasteiger partial charge in [-0.15, -0.1) is 0 Å².